The summed E-state index contributed by atoms with van der Waals surface area (Å²) in [6.07, 6.45) is 5.72. The molecule has 2 amide bonds. The van der Waals surface area contributed by atoms with Gasteiger partial charge < -0.3 is 14.2 Å². The molecule has 0 radical (unpaired) electrons. The lowest BCUT2D eigenvalue weighted by Gasteiger charge is -2.22. The summed E-state index contributed by atoms with van der Waals surface area (Å²) in [4.78, 5) is 28.3. The summed E-state index contributed by atoms with van der Waals surface area (Å²) < 4.78 is 10.4. The average Bonchev–Trinajstić information content (AvgIpc) is 3.38. The molecule has 2 aromatic rings. The fourth-order valence-corrected chi connectivity index (χ4v) is 5.25. The molecule has 2 aromatic heterocycles. The van der Waals surface area contributed by atoms with Crippen molar-refractivity contribution >= 4 is 28.3 Å². The van der Waals surface area contributed by atoms with E-state index in [9.17, 15) is 9.59 Å². The van der Waals surface area contributed by atoms with E-state index in [-0.39, 0.29) is 18.0 Å². The van der Waals surface area contributed by atoms with Gasteiger partial charge in [-0.15, -0.1) is 11.3 Å². The number of nitrogens with one attached hydrogen (secondary N) is 1. The SMILES string of the molecule is COC(=O)c1c(NC(=O)N2CCCC2c2cc(C)no2)sc2c1CCCC2. The Morgan fingerprint density at radius 1 is 1.33 bits per heavy atom. The van der Waals surface area contributed by atoms with E-state index in [4.69, 9.17) is 9.26 Å². The number of hydrogen-bond donors (Lipinski definition) is 1. The molecular formula is C19H23N3O4S. The molecule has 0 aromatic carbocycles. The average molecular weight is 389 g/mol. The number of rotatable bonds is 3. The highest BCUT2D eigenvalue weighted by atomic mass is 32.1. The van der Waals surface area contributed by atoms with Crippen LogP contribution < -0.4 is 5.32 Å². The molecule has 1 aliphatic heterocycles. The Kier molecular flexibility index (Phi) is 4.90. The van der Waals surface area contributed by atoms with Crippen LogP contribution in [0.2, 0.25) is 0 Å². The van der Waals surface area contributed by atoms with E-state index in [2.05, 4.69) is 10.5 Å². The molecule has 1 saturated heterocycles. The minimum atomic E-state index is -0.381. The van der Waals surface area contributed by atoms with Crippen molar-refractivity contribution in [1.29, 1.82) is 0 Å². The Morgan fingerprint density at radius 2 is 2.15 bits per heavy atom. The highest BCUT2D eigenvalue weighted by molar-refractivity contribution is 7.17. The Bertz CT molecular complexity index is 872. The summed E-state index contributed by atoms with van der Waals surface area (Å²) >= 11 is 1.50. The van der Waals surface area contributed by atoms with Crippen LogP contribution in [0.3, 0.4) is 0 Å². The lowest BCUT2D eigenvalue weighted by atomic mass is 9.95. The van der Waals surface area contributed by atoms with Gasteiger partial charge in [0.25, 0.3) is 0 Å². The molecule has 0 bridgehead atoms. The number of amides is 2. The second-order valence-electron chi connectivity index (χ2n) is 7.06. The minimum Gasteiger partial charge on any atom is -0.465 e. The molecule has 2 aliphatic rings. The molecule has 8 heteroatoms. The van der Waals surface area contributed by atoms with Crippen molar-refractivity contribution in [2.45, 2.75) is 51.5 Å². The highest BCUT2D eigenvalue weighted by Crippen LogP contribution is 2.39. The quantitative estimate of drug-likeness (QED) is 0.800. The number of esters is 1. The van der Waals surface area contributed by atoms with Gasteiger partial charge in [-0.3, -0.25) is 5.32 Å². The van der Waals surface area contributed by atoms with Crippen LogP contribution in [0.4, 0.5) is 9.80 Å². The summed E-state index contributed by atoms with van der Waals surface area (Å²) in [5, 5.41) is 7.51. The number of aryl methyl sites for hydroxylation is 2. The molecule has 1 atom stereocenters. The van der Waals surface area contributed by atoms with Crippen molar-refractivity contribution in [2.75, 3.05) is 19.0 Å². The first-order chi connectivity index (χ1) is 13.1. The maximum absolute atomic E-state index is 13.0. The van der Waals surface area contributed by atoms with Crippen LogP contribution >= 0.6 is 11.3 Å². The number of likely N-dealkylation sites (tertiary alicyclic amines) is 1. The van der Waals surface area contributed by atoms with E-state index in [0.29, 0.717) is 22.9 Å². The number of hydrogen-bond acceptors (Lipinski definition) is 6. The van der Waals surface area contributed by atoms with Gasteiger partial charge in [-0.2, -0.15) is 0 Å². The maximum atomic E-state index is 13.0. The van der Waals surface area contributed by atoms with Crippen LogP contribution in [-0.4, -0.2) is 35.7 Å². The van der Waals surface area contributed by atoms with Gasteiger partial charge in [0.1, 0.15) is 5.00 Å². The van der Waals surface area contributed by atoms with Gasteiger partial charge >= 0.3 is 12.0 Å². The third kappa shape index (κ3) is 3.34. The molecular weight excluding hydrogens is 366 g/mol. The highest BCUT2D eigenvalue weighted by Gasteiger charge is 2.34. The molecule has 1 N–H and O–H groups in total. The maximum Gasteiger partial charge on any atom is 0.341 e. The number of fused-ring (bicyclic) bond motifs is 1. The van der Waals surface area contributed by atoms with Crippen LogP contribution in [0.25, 0.3) is 0 Å². The number of urea groups is 1. The van der Waals surface area contributed by atoms with Gasteiger partial charge in [-0.1, -0.05) is 5.16 Å². The number of anilines is 1. The third-order valence-electron chi connectivity index (χ3n) is 5.27. The van der Waals surface area contributed by atoms with Crippen molar-refractivity contribution in [3.8, 4) is 0 Å². The van der Waals surface area contributed by atoms with Crippen molar-refractivity contribution < 1.29 is 18.8 Å². The molecule has 1 fully saturated rings. The van der Waals surface area contributed by atoms with E-state index < -0.39 is 0 Å². The zero-order chi connectivity index (χ0) is 19.0. The van der Waals surface area contributed by atoms with E-state index in [1.165, 1.54) is 23.3 Å². The van der Waals surface area contributed by atoms with Gasteiger partial charge in [0, 0.05) is 17.5 Å². The van der Waals surface area contributed by atoms with Crippen LogP contribution in [0.1, 0.15) is 64.0 Å². The largest absolute Gasteiger partial charge is 0.465 e. The van der Waals surface area contributed by atoms with Crippen molar-refractivity contribution in [2.24, 2.45) is 0 Å². The minimum absolute atomic E-state index is 0.123. The van der Waals surface area contributed by atoms with Gasteiger partial charge in [0.05, 0.1) is 24.4 Å². The molecule has 0 saturated carbocycles. The fraction of sp³-hybridized carbons (Fsp3) is 0.526. The number of methoxy groups -OCH3 is 1. The molecule has 3 heterocycles. The van der Waals surface area contributed by atoms with Crippen LogP contribution in [0.15, 0.2) is 10.6 Å². The zero-order valence-corrected chi connectivity index (χ0v) is 16.4. The van der Waals surface area contributed by atoms with Crippen LogP contribution in [-0.2, 0) is 17.6 Å². The van der Waals surface area contributed by atoms with E-state index in [0.717, 1.165) is 49.8 Å². The topological polar surface area (TPSA) is 84.7 Å². The Morgan fingerprint density at radius 3 is 2.89 bits per heavy atom. The lowest BCUT2D eigenvalue weighted by Crippen LogP contribution is -2.34. The number of nitrogens with zero attached hydrogens (tertiary/aromatic N) is 2. The number of aromatic nitrogens is 1. The molecule has 7 nitrogen and oxygen atoms in total. The molecule has 4 rings (SSSR count). The zero-order valence-electron chi connectivity index (χ0n) is 15.5. The molecule has 27 heavy (non-hydrogen) atoms. The van der Waals surface area contributed by atoms with Crippen molar-refractivity contribution in [1.82, 2.24) is 10.1 Å². The van der Waals surface area contributed by atoms with Crippen molar-refractivity contribution in [3.63, 3.8) is 0 Å². The lowest BCUT2D eigenvalue weighted by molar-refractivity contribution is 0.0601. The smallest absolute Gasteiger partial charge is 0.341 e. The van der Waals surface area contributed by atoms with Gasteiger partial charge in [0.15, 0.2) is 5.76 Å². The number of carbonyl (C=O) groups is 2. The predicted molar refractivity (Wildman–Crippen MR) is 101 cm³/mol. The van der Waals surface area contributed by atoms with Crippen LogP contribution in [0.5, 0.6) is 0 Å². The standard InChI is InChI=1S/C19H23N3O4S/c1-11-10-14(26-21-11)13-7-5-9-22(13)19(24)20-17-16(18(23)25-2)12-6-3-4-8-15(12)27-17/h10,13H,3-9H2,1-2H3,(H,20,24). The summed E-state index contributed by atoms with van der Waals surface area (Å²) in [6, 6.07) is 1.54. The monoisotopic (exact) mass is 389 g/mol. The second kappa shape index (κ2) is 7.34. The van der Waals surface area contributed by atoms with E-state index >= 15 is 0 Å². The Hall–Kier alpha value is -2.35. The number of carbonyl (C=O) groups excluding carboxylic acids is 2. The first-order valence-corrected chi connectivity index (χ1v) is 10.1. The van der Waals surface area contributed by atoms with Gasteiger partial charge in [-0.05, 0) is 51.0 Å². The van der Waals surface area contributed by atoms with E-state index in [1.807, 2.05) is 13.0 Å². The summed E-state index contributed by atoms with van der Waals surface area (Å²) in [7, 11) is 1.38. The summed E-state index contributed by atoms with van der Waals surface area (Å²) in [5.41, 5.74) is 2.37. The normalized spacial score (nSPS) is 19.0. The first-order valence-electron chi connectivity index (χ1n) is 9.32. The summed E-state index contributed by atoms with van der Waals surface area (Å²) in [5.74, 6) is 0.326. The molecule has 144 valence electrons. The van der Waals surface area contributed by atoms with Gasteiger partial charge in [-0.25, -0.2) is 9.59 Å². The second-order valence-corrected chi connectivity index (χ2v) is 8.16. The number of ether oxygens (including phenoxy) is 1. The molecule has 1 unspecified atom stereocenters. The number of thiophene rings is 1. The molecule has 0 spiro atoms. The Balaban J connectivity index is 1.59. The summed E-state index contributed by atoms with van der Waals surface area (Å²) in [6.45, 7) is 2.51. The predicted octanol–water partition coefficient (Wildman–Crippen LogP) is 4.08. The fourth-order valence-electron chi connectivity index (χ4n) is 3.99. The van der Waals surface area contributed by atoms with Crippen LogP contribution in [0, 0.1) is 6.92 Å². The molecule has 1 aliphatic carbocycles. The van der Waals surface area contributed by atoms with Crippen molar-refractivity contribution in [3.05, 3.63) is 33.5 Å². The Labute approximate surface area is 161 Å². The van der Waals surface area contributed by atoms with Gasteiger partial charge in [0.2, 0.25) is 0 Å². The third-order valence-corrected chi connectivity index (χ3v) is 6.48. The van der Waals surface area contributed by atoms with E-state index in [1.54, 1.807) is 4.90 Å². The first kappa shape index (κ1) is 18.0.